The molecule has 0 aromatic rings. The van der Waals surface area contributed by atoms with Gasteiger partial charge in [-0.3, -0.25) is 4.79 Å². The number of carbonyl (C=O) groups excluding carboxylic acids is 1. The number of hydrogen-bond donors (Lipinski definition) is 0. The molecule has 71 valence electrons. The molecule has 0 bridgehead atoms. The van der Waals surface area contributed by atoms with E-state index in [0.717, 1.165) is 32.1 Å². The largest absolute Gasteiger partial charge is 0.385 e. The first-order valence-corrected chi connectivity index (χ1v) is 4.61. The minimum Gasteiger partial charge on any atom is -0.385 e. The van der Waals surface area contributed by atoms with Crippen molar-refractivity contribution in [3.8, 4) is 0 Å². The standard InChI is InChI=1S/C10H19O2/c1-3-4-5-7-10(11)8-6-9-12-2/h1,3-9H2,2H3. The molecule has 0 aromatic carbocycles. The summed E-state index contributed by atoms with van der Waals surface area (Å²) in [7, 11) is 1.66. The van der Waals surface area contributed by atoms with Crippen LogP contribution in [0.1, 0.15) is 38.5 Å². The Morgan fingerprint density at radius 3 is 2.50 bits per heavy atom. The first kappa shape index (κ1) is 11.6. The minimum atomic E-state index is 0.362. The smallest absolute Gasteiger partial charge is 0.132 e. The monoisotopic (exact) mass is 171 g/mol. The van der Waals surface area contributed by atoms with Gasteiger partial charge in [-0.2, -0.15) is 0 Å². The molecular weight excluding hydrogens is 152 g/mol. The molecule has 0 amide bonds. The number of Topliss-reactive ketones (excluding diaryl/α,β-unsaturated/α-hetero) is 1. The van der Waals surface area contributed by atoms with Gasteiger partial charge in [0.25, 0.3) is 0 Å². The van der Waals surface area contributed by atoms with Gasteiger partial charge in [0.2, 0.25) is 0 Å². The van der Waals surface area contributed by atoms with Crippen LogP contribution in [-0.2, 0) is 9.53 Å². The van der Waals surface area contributed by atoms with Gasteiger partial charge in [0.05, 0.1) is 0 Å². The minimum absolute atomic E-state index is 0.362. The summed E-state index contributed by atoms with van der Waals surface area (Å²) in [5, 5.41) is 0. The number of unbranched alkanes of at least 4 members (excludes halogenated alkanes) is 2. The van der Waals surface area contributed by atoms with Crippen LogP contribution in [0.3, 0.4) is 0 Å². The Morgan fingerprint density at radius 2 is 1.92 bits per heavy atom. The van der Waals surface area contributed by atoms with Gasteiger partial charge in [-0.1, -0.05) is 19.8 Å². The quantitative estimate of drug-likeness (QED) is 0.524. The van der Waals surface area contributed by atoms with Crippen LogP contribution in [0, 0.1) is 6.92 Å². The van der Waals surface area contributed by atoms with Crippen LogP contribution in [-0.4, -0.2) is 19.5 Å². The van der Waals surface area contributed by atoms with Crippen molar-refractivity contribution in [3.05, 3.63) is 6.92 Å². The first-order valence-electron chi connectivity index (χ1n) is 4.61. The van der Waals surface area contributed by atoms with Gasteiger partial charge in [-0.05, 0) is 12.8 Å². The number of methoxy groups -OCH3 is 1. The Hall–Kier alpha value is -0.370. The number of ether oxygens (including phenoxy) is 1. The molecule has 2 nitrogen and oxygen atoms in total. The highest BCUT2D eigenvalue weighted by atomic mass is 16.5. The second-order valence-electron chi connectivity index (χ2n) is 2.95. The van der Waals surface area contributed by atoms with E-state index in [2.05, 4.69) is 6.92 Å². The van der Waals surface area contributed by atoms with Crippen LogP contribution < -0.4 is 0 Å². The molecule has 0 unspecified atom stereocenters. The molecule has 2 heteroatoms. The third-order valence-corrected chi connectivity index (χ3v) is 1.76. The van der Waals surface area contributed by atoms with Gasteiger partial charge in [-0.25, -0.2) is 0 Å². The normalized spacial score (nSPS) is 10.2. The summed E-state index contributed by atoms with van der Waals surface area (Å²) in [5.74, 6) is 0.362. The molecule has 12 heavy (non-hydrogen) atoms. The van der Waals surface area contributed by atoms with E-state index < -0.39 is 0 Å². The molecule has 0 aliphatic rings. The average Bonchev–Trinajstić information content (AvgIpc) is 2.06. The van der Waals surface area contributed by atoms with Crippen molar-refractivity contribution in [1.29, 1.82) is 0 Å². The van der Waals surface area contributed by atoms with E-state index >= 15 is 0 Å². The zero-order valence-corrected chi connectivity index (χ0v) is 7.97. The fourth-order valence-electron chi connectivity index (χ4n) is 1.04. The molecule has 0 spiro atoms. The van der Waals surface area contributed by atoms with Crippen LogP contribution in [0.25, 0.3) is 0 Å². The van der Waals surface area contributed by atoms with Crippen molar-refractivity contribution in [3.63, 3.8) is 0 Å². The molecule has 0 aliphatic heterocycles. The molecule has 0 fully saturated rings. The maximum absolute atomic E-state index is 11.1. The third kappa shape index (κ3) is 7.73. The zero-order valence-electron chi connectivity index (χ0n) is 7.97. The van der Waals surface area contributed by atoms with E-state index in [4.69, 9.17) is 4.74 Å². The van der Waals surface area contributed by atoms with Gasteiger partial charge in [0.15, 0.2) is 0 Å². The highest BCUT2D eigenvalue weighted by Gasteiger charge is 2.00. The van der Waals surface area contributed by atoms with E-state index in [1.807, 2.05) is 0 Å². The molecule has 0 saturated carbocycles. The van der Waals surface area contributed by atoms with Crippen molar-refractivity contribution in [2.45, 2.75) is 38.5 Å². The summed E-state index contributed by atoms with van der Waals surface area (Å²) in [6.45, 7) is 4.42. The van der Waals surface area contributed by atoms with Crippen molar-refractivity contribution < 1.29 is 9.53 Å². The number of ketones is 1. The lowest BCUT2D eigenvalue weighted by atomic mass is 10.1. The van der Waals surface area contributed by atoms with Crippen LogP contribution >= 0.6 is 0 Å². The summed E-state index contributed by atoms with van der Waals surface area (Å²) >= 11 is 0. The van der Waals surface area contributed by atoms with Crippen molar-refractivity contribution in [1.82, 2.24) is 0 Å². The van der Waals surface area contributed by atoms with Crippen LogP contribution in [0.5, 0.6) is 0 Å². The van der Waals surface area contributed by atoms with Crippen LogP contribution in [0.2, 0.25) is 0 Å². The predicted octanol–water partition coefficient (Wildman–Crippen LogP) is 2.38. The Labute approximate surface area is 75.3 Å². The molecular formula is C10H19O2. The van der Waals surface area contributed by atoms with E-state index in [-0.39, 0.29) is 0 Å². The molecule has 0 rings (SSSR count). The lowest BCUT2D eigenvalue weighted by Crippen LogP contribution is -1.99. The van der Waals surface area contributed by atoms with Crippen molar-refractivity contribution in [2.75, 3.05) is 13.7 Å². The van der Waals surface area contributed by atoms with E-state index in [1.165, 1.54) is 0 Å². The highest BCUT2D eigenvalue weighted by Crippen LogP contribution is 2.03. The number of rotatable bonds is 8. The van der Waals surface area contributed by atoms with E-state index in [9.17, 15) is 4.79 Å². The summed E-state index contributed by atoms with van der Waals surface area (Å²) in [6, 6.07) is 0. The van der Waals surface area contributed by atoms with Gasteiger partial charge in [-0.15, -0.1) is 0 Å². The Kier molecular flexibility index (Phi) is 8.46. The van der Waals surface area contributed by atoms with E-state index in [0.29, 0.717) is 18.8 Å². The van der Waals surface area contributed by atoms with Gasteiger partial charge >= 0.3 is 0 Å². The fourth-order valence-corrected chi connectivity index (χ4v) is 1.04. The van der Waals surface area contributed by atoms with Gasteiger partial charge < -0.3 is 4.74 Å². The van der Waals surface area contributed by atoms with Crippen LogP contribution in [0.15, 0.2) is 0 Å². The summed E-state index contributed by atoms with van der Waals surface area (Å²) < 4.78 is 4.86. The van der Waals surface area contributed by atoms with Crippen molar-refractivity contribution in [2.24, 2.45) is 0 Å². The maximum atomic E-state index is 11.1. The van der Waals surface area contributed by atoms with Gasteiger partial charge in [0.1, 0.15) is 5.78 Å². The summed E-state index contributed by atoms with van der Waals surface area (Å²) in [5.41, 5.74) is 0. The fraction of sp³-hybridized carbons (Fsp3) is 0.800. The molecule has 1 radical (unpaired) electrons. The lowest BCUT2D eigenvalue weighted by Gasteiger charge is -1.99. The van der Waals surface area contributed by atoms with Crippen molar-refractivity contribution >= 4 is 5.78 Å². The Balaban J connectivity index is 3.10. The molecule has 0 heterocycles. The molecule has 0 atom stereocenters. The van der Waals surface area contributed by atoms with E-state index in [1.54, 1.807) is 7.11 Å². The molecule has 0 N–H and O–H groups in total. The lowest BCUT2D eigenvalue weighted by molar-refractivity contribution is -0.119. The summed E-state index contributed by atoms with van der Waals surface area (Å²) in [6.07, 6.45) is 5.25. The second-order valence-corrected chi connectivity index (χ2v) is 2.95. The van der Waals surface area contributed by atoms with Gasteiger partial charge in [0, 0.05) is 26.6 Å². The summed E-state index contributed by atoms with van der Waals surface area (Å²) in [4.78, 5) is 11.1. The predicted molar refractivity (Wildman–Crippen MR) is 49.9 cm³/mol. The Morgan fingerprint density at radius 1 is 1.25 bits per heavy atom. The van der Waals surface area contributed by atoms with Crippen LogP contribution in [0.4, 0.5) is 0 Å². The molecule has 0 aromatic heterocycles. The maximum Gasteiger partial charge on any atom is 0.132 e. The second kappa shape index (κ2) is 8.72. The SMILES string of the molecule is [CH2]CCCCC(=O)CCCOC. The highest BCUT2D eigenvalue weighted by molar-refractivity contribution is 5.78. The number of carbonyl (C=O) groups is 1. The Bertz CT molecular complexity index is 98.4. The topological polar surface area (TPSA) is 26.3 Å². The average molecular weight is 171 g/mol. The first-order chi connectivity index (χ1) is 5.81. The zero-order chi connectivity index (χ0) is 9.23. The molecule has 0 saturated heterocycles. The molecule has 0 aliphatic carbocycles. The number of hydrogen-bond acceptors (Lipinski definition) is 2. The third-order valence-electron chi connectivity index (χ3n) is 1.76.